The van der Waals surface area contributed by atoms with E-state index in [0.29, 0.717) is 13.2 Å². The van der Waals surface area contributed by atoms with Crippen molar-refractivity contribution in [2.75, 3.05) is 46.4 Å². The quantitative estimate of drug-likeness (QED) is 0.573. The lowest BCUT2D eigenvalue weighted by Gasteiger charge is -2.32. The molecule has 9 heteroatoms. The predicted molar refractivity (Wildman–Crippen MR) is 79.2 cm³/mol. The largest absolute Gasteiger partial charge is 0.485 e. The maximum atomic E-state index is 11.0. The van der Waals surface area contributed by atoms with Crippen LogP contribution in [0.25, 0.3) is 0 Å². The van der Waals surface area contributed by atoms with Crippen molar-refractivity contribution in [3.8, 4) is 5.75 Å². The fraction of sp³-hybridized carbons (Fsp3) is 0.538. The highest BCUT2D eigenvalue weighted by atomic mass is 16.6. The van der Waals surface area contributed by atoms with Gasteiger partial charge in [-0.05, 0) is 13.1 Å². The molecule has 1 fully saturated rings. The molecule has 0 atom stereocenters. The third-order valence-electron chi connectivity index (χ3n) is 3.61. The van der Waals surface area contributed by atoms with Gasteiger partial charge >= 0.3 is 5.69 Å². The number of non-ortho nitro benzene ring substituents is 1. The molecule has 0 amide bonds. The average molecular weight is 310 g/mol. The standard InChI is InChI=1S/C13H18N4O5/c1-14-4-6-15(7-5-14)8-9-22-13-3-2-11(16(18)19)10-12(13)17(20)21/h2-3,10H,4-9H2,1H3. The van der Waals surface area contributed by atoms with Crippen LogP contribution in [0.1, 0.15) is 0 Å². The molecule has 9 nitrogen and oxygen atoms in total. The summed E-state index contributed by atoms with van der Waals surface area (Å²) in [4.78, 5) is 24.8. The number of benzene rings is 1. The molecule has 0 bridgehead atoms. The van der Waals surface area contributed by atoms with E-state index < -0.39 is 9.85 Å². The van der Waals surface area contributed by atoms with E-state index >= 15 is 0 Å². The number of piperazine rings is 1. The van der Waals surface area contributed by atoms with Gasteiger partial charge < -0.3 is 9.64 Å². The van der Waals surface area contributed by atoms with Crippen molar-refractivity contribution in [1.29, 1.82) is 0 Å². The number of ether oxygens (including phenoxy) is 1. The van der Waals surface area contributed by atoms with Crippen LogP contribution >= 0.6 is 0 Å². The van der Waals surface area contributed by atoms with Crippen LogP contribution in [-0.2, 0) is 0 Å². The smallest absolute Gasteiger partial charge is 0.317 e. The minimum atomic E-state index is -0.668. The molecule has 0 aliphatic carbocycles. The molecule has 120 valence electrons. The zero-order chi connectivity index (χ0) is 16.1. The lowest BCUT2D eigenvalue weighted by molar-refractivity contribution is -0.394. The van der Waals surface area contributed by atoms with Gasteiger partial charge in [-0.2, -0.15) is 0 Å². The first-order chi connectivity index (χ1) is 10.5. The van der Waals surface area contributed by atoms with E-state index in [-0.39, 0.29) is 17.1 Å². The molecule has 1 saturated heterocycles. The maximum absolute atomic E-state index is 11.0. The number of nitro benzene ring substituents is 2. The third-order valence-corrected chi connectivity index (χ3v) is 3.61. The number of nitro groups is 2. The summed E-state index contributed by atoms with van der Waals surface area (Å²) in [5.41, 5.74) is -0.703. The molecule has 0 N–H and O–H groups in total. The van der Waals surface area contributed by atoms with Crippen LogP contribution in [0.2, 0.25) is 0 Å². The summed E-state index contributed by atoms with van der Waals surface area (Å²) in [6.07, 6.45) is 0. The van der Waals surface area contributed by atoms with Gasteiger partial charge in [-0.25, -0.2) is 0 Å². The highest BCUT2D eigenvalue weighted by Gasteiger charge is 2.21. The van der Waals surface area contributed by atoms with Crippen LogP contribution in [0.5, 0.6) is 5.75 Å². The van der Waals surface area contributed by atoms with Crippen molar-refractivity contribution in [2.24, 2.45) is 0 Å². The fourth-order valence-electron chi connectivity index (χ4n) is 2.24. The molecule has 0 saturated carbocycles. The van der Waals surface area contributed by atoms with Gasteiger partial charge in [-0.1, -0.05) is 0 Å². The average Bonchev–Trinajstić information content (AvgIpc) is 2.49. The highest BCUT2D eigenvalue weighted by molar-refractivity contribution is 5.53. The molecule has 0 spiro atoms. The summed E-state index contributed by atoms with van der Waals surface area (Å²) < 4.78 is 5.44. The topological polar surface area (TPSA) is 102 Å². The Hall–Kier alpha value is -2.26. The summed E-state index contributed by atoms with van der Waals surface area (Å²) >= 11 is 0. The van der Waals surface area contributed by atoms with E-state index in [0.717, 1.165) is 32.2 Å². The van der Waals surface area contributed by atoms with Gasteiger partial charge in [0.1, 0.15) is 6.61 Å². The van der Waals surface area contributed by atoms with E-state index in [1.54, 1.807) is 0 Å². The first kappa shape index (κ1) is 16.1. The number of rotatable bonds is 6. The lowest BCUT2D eigenvalue weighted by Crippen LogP contribution is -2.45. The van der Waals surface area contributed by atoms with Gasteiger partial charge in [-0.15, -0.1) is 0 Å². The molecule has 1 aromatic rings. The van der Waals surface area contributed by atoms with Gasteiger partial charge in [0.15, 0.2) is 5.75 Å². The Bertz CT molecular complexity index is 557. The van der Waals surface area contributed by atoms with Crippen LogP contribution < -0.4 is 4.74 Å². The van der Waals surface area contributed by atoms with Crippen molar-refractivity contribution in [3.05, 3.63) is 38.4 Å². The molecule has 0 radical (unpaired) electrons. The van der Waals surface area contributed by atoms with Crippen molar-refractivity contribution >= 4 is 11.4 Å². The third kappa shape index (κ3) is 4.12. The monoisotopic (exact) mass is 310 g/mol. The zero-order valence-electron chi connectivity index (χ0n) is 12.3. The Balaban J connectivity index is 1.94. The fourth-order valence-corrected chi connectivity index (χ4v) is 2.24. The highest BCUT2D eigenvalue weighted by Crippen LogP contribution is 2.30. The minimum Gasteiger partial charge on any atom is -0.485 e. The van der Waals surface area contributed by atoms with E-state index in [2.05, 4.69) is 16.8 Å². The van der Waals surface area contributed by atoms with Crippen molar-refractivity contribution < 1.29 is 14.6 Å². The van der Waals surface area contributed by atoms with E-state index in [1.165, 1.54) is 12.1 Å². The molecule has 1 aliphatic heterocycles. The molecule has 1 heterocycles. The number of likely N-dealkylation sites (N-methyl/N-ethyl adjacent to an activating group) is 1. The normalized spacial score (nSPS) is 16.4. The molecule has 22 heavy (non-hydrogen) atoms. The van der Waals surface area contributed by atoms with Crippen molar-refractivity contribution in [3.63, 3.8) is 0 Å². The first-order valence-corrected chi connectivity index (χ1v) is 6.94. The van der Waals surface area contributed by atoms with Crippen LogP contribution in [-0.4, -0.2) is 66.0 Å². The SMILES string of the molecule is CN1CCN(CCOc2ccc([N+](=O)[O-])cc2[N+](=O)[O-])CC1. The second-order valence-electron chi connectivity index (χ2n) is 5.16. The predicted octanol–water partition coefficient (Wildman–Crippen LogP) is 1.13. The van der Waals surface area contributed by atoms with Crippen LogP contribution in [0.4, 0.5) is 11.4 Å². The van der Waals surface area contributed by atoms with E-state index in [1.807, 2.05) is 0 Å². The molecular formula is C13H18N4O5. The second kappa shape index (κ2) is 7.14. The lowest BCUT2D eigenvalue weighted by atomic mass is 10.2. The summed E-state index contributed by atoms with van der Waals surface area (Å²) in [6.45, 7) is 4.81. The maximum Gasteiger partial charge on any atom is 0.317 e. The Kier molecular flexibility index (Phi) is 5.23. The Morgan fingerprint density at radius 3 is 2.41 bits per heavy atom. The zero-order valence-corrected chi connectivity index (χ0v) is 12.3. The van der Waals surface area contributed by atoms with Crippen LogP contribution in [0.15, 0.2) is 18.2 Å². The first-order valence-electron chi connectivity index (χ1n) is 6.94. The van der Waals surface area contributed by atoms with Gasteiger partial charge in [0.25, 0.3) is 5.69 Å². The summed E-state index contributed by atoms with van der Waals surface area (Å²) in [7, 11) is 2.06. The van der Waals surface area contributed by atoms with E-state index in [9.17, 15) is 20.2 Å². The van der Waals surface area contributed by atoms with Crippen molar-refractivity contribution in [1.82, 2.24) is 9.80 Å². The molecule has 0 aromatic heterocycles. The summed E-state index contributed by atoms with van der Waals surface area (Å²) in [5.74, 6) is 0.0599. The number of nitrogens with zero attached hydrogens (tertiary/aromatic N) is 4. The summed E-state index contributed by atoms with van der Waals surface area (Å²) in [6, 6.07) is 3.41. The molecule has 0 unspecified atom stereocenters. The van der Waals surface area contributed by atoms with Gasteiger partial charge in [-0.3, -0.25) is 25.1 Å². The van der Waals surface area contributed by atoms with Crippen LogP contribution in [0, 0.1) is 20.2 Å². The molecule has 1 aliphatic rings. The summed E-state index contributed by atoms with van der Waals surface area (Å²) in [5, 5.41) is 21.7. The van der Waals surface area contributed by atoms with Gasteiger partial charge in [0.05, 0.1) is 15.9 Å². The Morgan fingerprint density at radius 1 is 1.14 bits per heavy atom. The number of hydrogen-bond donors (Lipinski definition) is 0. The second-order valence-corrected chi connectivity index (χ2v) is 5.16. The Morgan fingerprint density at radius 2 is 1.82 bits per heavy atom. The minimum absolute atomic E-state index is 0.0599. The molecule has 1 aromatic carbocycles. The molecular weight excluding hydrogens is 292 g/mol. The van der Waals surface area contributed by atoms with Crippen LogP contribution in [0.3, 0.4) is 0 Å². The number of hydrogen-bond acceptors (Lipinski definition) is 7. The van der Waals surface area contributed by atoms with Gasteiger partial charge in [0, 0.05) is 38.8 Å². The van der Waals surface area contributed by atoms with Gasteiger partial charge in [0.2, 0.25) is 0 Å². The molecule has 2 rings (SSSR count). The Labute approximate surface area is 127 Å². The van der Waals surface area contributed by atoms with E-state index in [4.69, 9.17) is 4.74 Å². The van der Waals surface area contributed by atoms with Crippen molar-refractivity contribution in [2.45, 2.75) is 0 Å².